The van der Waals surface area contributed by atoms with Crippen LogP contribution in [0, 0.1) is 6.92 Å². The van der Waals surface area contributed by atoms with Gasteiger partial charge in [0.2, 0.25) is 0 Å². The van der Waals surface area contributed by atoms with E-state index in [4.69, 9.17) is 0 Å². The van der Waals surface area contributed by atoms with Crippen molar-refractivity contribution in [3.8, 4) is 17.0 Å². The maximum absolute atomic E-state index is 9.70. The number of nitrogens with one attached hydrogen (secondary N) is 1. The lowest BCUT2D eigenvalue weighted by Crippen LogP contribution is -1.79. The van der Waals surface area contributed by atoms with Gasteiger partial charge in [0.05, 0.1) is 0 Å². The first-order valence-electron chi connectivity index (χ1n) is 5.49. The lowest BCUT2D eigenvalue weighted by molar-refractivity contribution is 0.480. The summed E-state index contributed by atoms with van der Waals surface area (Å²) in [7, 11) is 0. The van der Waals surface area contributed by atoms with Crippen molar-refractivity contribution in [2.45, 2.75) is 6.92 Å². The van der Waals surface area contributed by atoms with Crippen molar-refractivity contribution in [3.63, 3.8) is 0 Å². The fraction of sp³-hybridized carbons (Fsp3) is 0.0714. The molecule has 0 saturated carbocycles. The van der Waals surface area contributed by atoms with Crippen LogP contribution in [0.5, 0.6) is 5.75 Å². The molecule has 0 fully saturated rings. The first-order valence-corrected chi connectivity index (χ1v) is 5.49. The van der Waals surface area contributed by atoms with E-state index in [-0.39, 0.29) is 5.75 Å². The highest BCUT2D eigenvalue weighted by molar-refractivity contribution is 5.95. The number of nitrogens with zero attached hydrogens (tertiary/aromatic N) is 1. The van der Waals surface area contributed by atoms with Gasteiger partial charge in [0.25, 0.3) is 0 Å². The Labute approximate surface area is 98.7 Å². The van der Waals surface area contributed by atoms with Crippen molar-refractivity contribution in [2.24, 2.45) is 0 Å². The van der Waals surface area contributed by atoms with Gasteiger partial charge in [-0.3, -0.25) is 5.10 Å². The number of rotatable bonds is 1. The number of H-pyrrole nitrogens is 1. The van der Waals surface area contributed by atoms with Gasteiger partial charge in [0, 0.05) is 10.9 Å². The fourth-order valence-electron chi connectivity index (χ4n) is 1.96. The molecule has 3 nitrogen and oxygen atoms in total. The monoisotopic (exact) mass is 224 g/mol. The van der Waals surface area contributed by atoms with Crippen LogP contribution in [-0.2, 0) is 0 Å². The fourth-order valence-corrected chi connectivity index (χ4v) is 1.96. The van der Waals surface area contributed by atoms with Crippen LogP contribution in [0.3, 0.4) is 0 Å². The number of aromatic hydroxyl groups is 1. The van der Waals surface area contributed by atoms with Crippen molar-refractivity contribution in [3.05, 3.63) is 48.0 Å². The van der Waals surface area contributed by atoms with Gasteiger partial charge in [-0.15, -0.1) is 0 Å². The van der Waals surface area contributed by atoms with Gasteiger partial charge in [0.1, 0.15) is 17.0 Å². The molecular formula is C14H12N2O. The zero-order valence-electron chi connectivity index (χ0n) is 9.44. The molecule has 0 aliphatic rings. The number of para-hydroxylation sites is 1. The van der Waals surface area contributed by atoms with E-state index in [1.54, 1.807) is 6.07 Å². The van der Waals surface area contributed by atoms with Crippen molar-refractivity contribution >= 4 is 10.9 Å². The second-order valence-corrected chi connectivity index (χ2v) is 4.14. The molecule has 0 radical (unpaired) electrons. The molecule has 84 valence electrons. The first-order chi connectivity index (χ1) is 8.25. The number of hydrogen-bond donors (Lipinski definition) is 2. The second kappa shape index (κ2) is 3.63. The Balaban J connectivity index is 2.24. The molecular weight excluding hydrogens is 212 g/mol. The van der Waals surface area contributed by atoms with Gasteiger partial charge in [-0.1, -0.05) is 42.0 Å². The number of aromatic amines is 1. The van der Waals surface area contributed by atoms with Crippen molar-refractivity contribution in [1.29, 1.82) is 0 Å². The maximum atomic E-state index is 9.70. The van der Waals surface area contributed by atoms with Crippen LogP contribution < -0.4 is 0 Å². The molecule has 3 rings (SSSR count). The summed E-state index contributed by atoms with van der Waals surface area (Å²) in [5, 5.41) is 17.8. The molecule has 1 heterocycles. The van der Waals surface area contributed by atoms with Crippen LogP contribution in [0.4, 0.5) is 0 Å². The maximum Gasteiger partial charge on any atom is 0.141 e. The summed E-state index contributed by atoms with van der Waals surface area (Å²) in [5.41, 5.74) is 3.82. The highest BCUT2D eigenvalue weighted by Crippen LogP contribution is 2.30. The predicted octanol–water partition coefficient (Wildman–Crippen LogP) is 3.24. The lowest BCUT2D eigenvalue weighted by Gasteiger charge is -1.99. The first kappa shape index (κ1) is 9.90. The molecule has 17 heavy (non-hydrogen) atoms. The Morgan fingerprint density at radius 1 is 1.06 bits per heavy atom. The molecule has 0 aliphatic carbocycles. The number of phenols is 1. The summed E-state index contributed by atoms with van der Waals surface area (Å²) >= 11 is 0. The van der Waals surface area contributed by atoms with Crippen LogP contribution in [0.1, 0.15) is 5.56 Å². The Kier molecular flexibility index (Phi) is 2.11. The average molecular weight is 224 g/mol. The topological polar surface area (TPSA) is 48.9 Å². The average Bonchev–Trinajstić information content (AvgIpc) is 2.75. The van der Waals surface area contributed by atoms with Gasteiger partial charge in [-0.2, -0.15) is 5.10 Å². The van der Waals surface area contributed by atoms with Crippen molar-refractivity contribution < 1.29 is 5.11 Å². The molecule has 0 unspecified atom stereocenters. The molecule has 1 aromatic heterocycles. The van der Waals surface area contributed by atoms with E-state index in [2.05, 4.69) is 29.3 Å². The van der Waals surface area contributed by atoms with E-state index in [0.717, 1.165) is 16.6 Å². The minimum Gasteiger partial charge on any atom is -0.506 e. The molecule has 0 saturated heterocycles. The molecule has 0 spiro atoms. The Morgan fingerprint density at radius 3 is 2.59 bits per heavy atom. The molecule has 0 bridgehead atoms. The Morgan fingerprint density at radius 2 is 1.82 bits per heavy atom. The standard InChI is InChI=1S/C14H12N2O/c1-9-5-7-10(8-6-9)13-11-3-2-4-12(17)14(11)16-15-13/h2-8,17H,1H3,(H,15,16). The van der Waals surface area contributed by atoms with Gasteiger partial charge < -0.3 is 5.11 Å². The molecule has 0 atom stereocenters. The van der Waals surface area contributed by atoms with Gasteiger partial charge in [-0.05, 0) is 13.0 Å². The van der Waals surface area contributed by atoms with Crippen LogP contribution >= 0.6 is 0 Å². The largest absolute Gasteiger partial charge is 0.506 e. The van der Waals surface area contributed by atoms with Crippen LogP contribution in [0.25, 0.3) is 22.2 Å². The second-order valence-electron chi connectivity index (χ2n) is 4.14. The highest BCUT2D eigenvalue weighted by atomic mass is 16.3. The van der Waals surface area contributed by atoms with Crippen molar-refractivity contribution in [2.75, 3.05) is 0 Å². The third-order valence-corrected chi connectivity index (χ3v) is 2.90. The van der Waals surface area contributed by atoms with Crippen LogP contribution in [0.2, 0.25) is 0 Å². The summed E-state index contributed by atoms with van der Waals surface area (Å²) in [5.74, 6) is 0.230. The quantitative estimate of drug-likeness (QED) is 0.666. The van der Waals surface area contributed by atoms with E-state index >= 15 is 0 Å². The molecule has 2 aromatic carbocycles. The Bertz CT molecular complexity index is 668. The summed E-state index contributed by atoms with van der Waals surface area (Å²) in [6.07, 6.45) is 0. The van der Waals surface area contributed by atoms with Gasteiger partial charge in [0.15, 0.2) is 0 Å². The molecule has 3 aromatic rings. The lowest BCUT2D eigenvalue weighted by atomic mass is 10.1. The zero-order chi connectivity index (χ0) is 11.8. The minimum atomic E-state index is 0.230. The number of benzene rings is 2. The Hall–Kier alpha value is -2.29. The summed E-state index contributed by atoms with van der Waals surface area (Å²) in [4.78, 5) is 0. The van der Waals surface area contributed by atoms with Crippen LogP contribution in [0.15, 0.2) is 42.5 Å². The van der Waals surface area contributed by atoms with E-state index in [1.807, 2.05) is 24.3 Å². The molecule has 0 aliphatic heterocycles. The number of fused-ring (bicyclic) bond motifs is 1. The van der Waals surface area contributed by atoms with Gasteiger partial charge in [-0.25, -0.2) is 0 Å². The van der Waals surface area contributed by atoms with E-state index in [0.29, 0.717) is 5.52 Å². The van der Waals surface area contributed by atoms with Gasteiger partial charge >= 0.3 is 0 Å². The minimum absolute atomic E-state index is 0.230. The van der Waals surface area contributed by atoms with Crippen molar-refractivity contribution in [1.82, 2.24) is 10.2 Å². The summed E-state index contributed by atoms with van der Waals surface area (Å²) in [6.45, 7) is 2.05. The molecule has 3 heteroatoms. The summed E-state index contributed by atoms with van der Waals surface area (Å²) < 4.78 is 0. The number of aryl methyl sites for hydroxylation is 1. The predicted molar refractivity (Wildman–Crippen MR) is 67.9 cm³/mol. The number of phenolic OH excluding ortho intramolecular Hbond substituents is 1. The highest BCUT2D eigenvalue weighted by Gasteiger charge is 2.09. The molecule has 0 amide bonds. The SMILES string of the molecule is Cc1ccc(-c2n[nH]c3c(O)cccc23)cc1. The third kappa shape index (κ3) is 1.56. The summed E-state index contributed by atoms with van der Waals surface area (Å²) in [6, 6.07) is 13.6. The van der Waals surface area contributed by atoms with E-state index in [9.17, 15) is 5.11 Å². The normalized spacial score (nSPS) is 10.9. The zero-order valence-corrected chi connectivity index (χ0v) is 9.44. The molecule has 2 N–H and O–H groups in total. The smallest absolute Gasteiger partial charge is 0.141 e. The van der Waals surface area contributed by atoms with E-state index < -0.39 is 0 Å². The van der Waals surface area contributed by atoms with Crippen LogP contribution in [-0.4, -0.2) is 15.3 Å². The van der Waals surface area contributed by atoms with E-state index in [1.165, 1.54) is 5.56 Å². The number of hydrogen-bond acceptors (Lipinski definition) is 2. The number of aromatic nitrogens is 2. The third-order valence-electron chi connectivity index (χ3n) is 2.90.